The molecule has 1 rings (SSSR count). The third-order valence-electron chi connectivity index (χ3n) is 2.71. The molecule has 7 heteroatoms. The molecular weight excluding hydrogens is 274 g/mol. The molecule has 0 radical (unpaired) electrons. The second-order valence-corrected chi connectivity index (χ2v) is 4.22. The van der Waals surface area contributed by atoms with Crippen molar-refractivity contribution in [1.82, 2.24) is 0 Å². The van der Waals surface area contributed by atoms with Crippen molar-refractivity contribution in [2.45, 2.75) is 12.8 Å². The number of ether oxygens (including phenoxy) is 3. The van der Waals surface area contributed by atoms with Crippen LogP contribution in [0, 0.1) is 0 Å². The zero-order valence-electron chi connectivity index (χ0n) is 12.3. The van der Waals surface area contributed by atoms with Crippen LogP contribution in [0.5, 0.6) is 11.5 Å². The molecule has 0 bridgehead atoms. The van der Waals surface area contributed by atoms with E-state index in [1.54, 1.807) is 18.2 Å². The Hall–Kier alpha value is -2.44. The molecule has 7 nitrogen and oxygen atoms in total. The summed E-state index contributed by atoms with van der Waals surface area (Å²) in [7, 11) is 3.02. The summed E-state index contributed by atoms with van der Waals surface area (Å²) in [4.78, 5) is 15.9. The van der Waals surface area contributed by atoms with Gasteiger partial charge >= 0.3 is 5.97 Å². The topological polar surface area (TPSA) is 109 Å². The predicted octanol–water partition coefficient (Wildman–Crippen LogP) is 0.914. The van der Waals surface area contributed by atoms with Crippen molar-refractivity contribution in [2.24, 2.45) is 16.5 Å². The Labute approximate surface area is 123 Å². The number of nitrogens with two attached hydrogens (primary N) is 2. The third-order valence-corrected chi connectivity index (χ3v) is 2.71. The Morgan fingerprint density at radius 3 is 2.57 bits per heavy atom. The second kappa shape index (κ2) is 8.68. The summed E-state index contributed by atoms with van der Waals surface area (Å²) < 4.78 is 15.4. The largest absolute Gasteiger partial charge is 0.497 e. The van der Waals surface area contributed by atoms with E-state index in [2.05, 4.69) is 4.99 Å². The molecule has 0 aliphatic carbocycles. The quantitative estimate of drug-likeness (QED) is 0.319. The summed E-state index contributed by atoms with van der Waals surface area (Å²) >= 11 is 0. The van der Waals surface area contributed by atoms with Gasteiger partial charge in [0.1, 0.15) is 17.1 Å². The molecule has 0 aromatic heterocycles. The van der Waals surface area contributed by atoms with Gasteiger partial charge in [-0.3, -0.25) is 4.99 Å². The molecule has 0 heterocycles. The number of guanidine groups is 1. The summed E-state index contributed by atoms with van der Waals surface area (Å²) in [5, 5.41) is 0. The van der Waals surface area contributed by atoms with Gasteiger partial charge in [0.15, 0.2) is 5.96 Å². The first-order valence-electron chi connectivity index (χ1n) is 6.53. The molecule has 0 saturated heterocycles. The summed E-state index contributed by atoms with van der Waals surface area (Å²) in [5.41, 5.74) is 10.7. The molecule has 1 aromatic carbocycles. The van der Waals surface area contributed by atoms with Gasteiger partial charge in [0.25, 0.3) is 0 Å². The van der Waals surface area contributed by atoms with Crippen LogP contribution < -0.4 is 20.9 Å². The molecule has 116 valence electrons. The predicted molar refractivity (Wildman–Crippen MR) is 79.7 cm³/mol. The number of esters is 1. The fraction of sp³-hybridized carbons (Fsp3) is 0.429. The minimum atomic E-state index is -0.451. The number of benzene rings is 1. The lowest BCUT2D eigenvalue weighted by Gasteiger charge is -2.10. The van der Waals surface area contributed by atoms with Gasteiger partial charge in [-0.05, 0) is 31.0 Å². The summed E-state index contributed by atoms with van der Waals surface area (Å²) in [6, 6.07) is 4.96. The summed E-state index contributed by atoms with van der Waals surface area (Å²) in [6.45, 7) is 0.807. The maximum Gasteiger partial charge on any atom is 0.342 e. The molecule has 0 amide bonds. The van der Waals surface area contributed by atoms with Crippen LogP contribution in [0.4, 0.5) is 0 Å². The summed E-state index contributed by atoms with van der Waals surface area (Å²) in [5.74, 6) is 0.623. The van der Waals surface area contributed by atoms with Crippen LogP contribution in [0.1, 0.15) is 23.2 Å². The molecule has 1 aromatic rings. The van der Waals surface area contributed by atoms with Gasteiger partial charge in [0.05, 0.1) is 20.8 Å². The zero-order valence-corrected chi connectivity index (χ0v) is 12.3. The normalized spacial score (nSPS) is 9.81. The van der Waals surface area contributed by atoms with Crippen molar-refractivity contribution in [3.8, 4) is 11.5 Å². The zero-order chi connectivity index (χ0) is 15.7. The van der Waals surface area contributed by atoms with Gasteiger partial charge in [-0.2, -0.15) is 0 Å². The smallest absolute Gasteiger partial charge is 0.342 e. The van der Waals surface area contributed by atoms with Gasteiger partial charge in [0, 0.05) is 6.54 Å². The molecule has 0 spiro atoms. The third kappa shape index (κ3) is 5.60. The van der Waals surface area contributed by atoms with Crippen LogP contribution in [0.3, 0.4) is 0 Å². The number of hydrogen-bond donors (Lipinski definition) is 2. The molecule has 0 fully saturated rings. The van der Waals surface area contributed by atoms with Crippen molar-refractivity contribution >= 4 is 11.9 Å². The van der Waals surface area contributed by atoms with Gasteiger partial charge < -0.3 is 25.7 Å². The number of unbranched alkanes of at least 4 members (excludes halogenated alkanes) is 1. The number of rotatable bonds is 8. The number of carbonyl (C=O) groups excluding carboxylic acids is 1. The number of nitrogens with zero attached hydrogens (tertiary/aromatic N) is 1. The molecule has 0 unspecified atom stereocenters. The molecular formula is C14H21N3O4. The van der Waals surface area contributed by atoms with E-state index in [0.29, 0.717) is 36.6 Å². The van der Waals surface area contributed by atoms with E-state index in [9.17, 15) is 4.79 Å². The minimum absolute atomic E-state index is 0.0631. The molecule has 0 saturated carbocycles. The highest BCUT2D eigenvalue weighted by Crippen LogP contribution is 2.24. The molecule has 0 aliphatic rings. The lowest BCUT2D eigenvalue weighted by atomic mass is 10.2. The molecule has 21 heavy (non-hydrogen) atoms. The average Bonchev–Trinajstić information content (AvgIpc) is 2.49. The van der Waals surface area contributed by atoms with Crippen molar-refractivity contribution < 1.29 is 19.0 Å². The van der Waals surface area contributed by atoms with Crippen molar-refractivity contribution in [3.63, 3.8) is 0 Å². The fourth-order valence-corrected chi connectivity index (χ4v) is 1.64. The van der Waals surface area contributed by atoms with Crippen LogP contribution >= 0.6 is 0 Å². The Morgan fingerprint density at radius 2 is 1.95 bits per heavy atom. The van der Waals surface area contributed by atoms with Crippen molar-refractivity contribution in [1.29, 1.82) is 0 Å². The van der Waals surface area contributed by atoms with E-state index < -0.39 is 5.97 Å². The van der Waals surface area contributed by atoms with Crippen LogP contribution in [-0.4, -0.2) is 39.3 Å². The maximum atomic E-state index is 12.0. The van der Waals surface area contributed by atoms with Crippen LogP contribution in [0.15, 0.2) is 23.2 Å². The van der Waals surface area contributed by atoms with Gasteiger partial charge in [0.2, 0.25) is 0 Å². The monoisotopic (exact) mass is 295 g/mol. The van der Waals surface area contributed by atoms with Crippen molar-refractivity contribution in [3.05, 3.63) is 23.8 Å². The van der Waals surface area contributed by atoms with E-state index >= 15 is 0 Å². The highest BCUT2D eigenvalue weighted by atomic mass is 16.5. The fourth-order valence-electron chi connectivity index (χ4n) is 1.64. The Kier molecular flexibility index (Phi) is 6.86. The van der Waals surface area contributed by atoms with E-state index in [0.717, 1.165) is 6.42 Å². The minimum Gasteiger partial charge on any atom is -0.497 e. The van der Waals surface area contributed by atoms with E-state index in [1.165, 1.54) is 14.2 Å². The van der Waals surface area contributed by atoms with E-state index in [-0.39, 0.29) is 5.96 Å². The van der Waals surface area contributed by atoms with Gasteiger partial charge in [-0.1, -0.05) is 0 Å². The lowest BCUT2D eigenvalue weighted by molar-refractivity contribution is 0.0495. The SMILES string of the molecule is COc1ccc(OC)c(C(=O)OCCCCN=C(N)N)c1. The van der Waals surface area contributed by atoms with Crippen LogP contribution in [0.25, 0.3) is 0 Å². The number of aliphatic imine (C=N–C) groups is 1. The molecule has 0 atom stereocenters. The van der Waals surface area contributed by atoms with Crippen LogP contribution in [0.2, 0.25) is 0 Å². The number of carbonyl (C=O) groups is 1. The Bertz CT molecular complexity index is 499. The first-order valence-corrected chi connectivity index (χ1v) is 6.53. The summed E-state index contributed by atoms with van der Waals surface area (Å²) in [6.07, 6.45) is 1.41. The number of hydrogen-bond acceptors (Lipinski definition) is 5. The van der Waals surface area contributed by atoms with Gasteiger partial charge in [-0.15, -0.1) is 0 Å². The Morgan fingerprint density at radius 1 is 1.19 bits per heavy atom. The maximum absolute atomic E-state index is 12.0. The molecule has 4 N–H and O–H groups in total. The lowest BCUT2D eigenvalue weighted by Crippen LogP contribution is -2.23. The first kappa shape index (κ1) is 16.6. The van der Waals surface area contributed by atoms with E-state index in [1.807, 2.05) is 0 Å². The average molecular weight is 295 g/mol. The Balaban J connectivity index is 2.49. The standard InChI is InChI=1S/C14H21N3O4/c1-19-10-5-6-12(20-2)11(9-10)13(18)21-8-4-3-7-17-14(15)16/h5-6,9H,3-4,7-8H2,1-2H3,(H4,15,16,17). The molecule has 0 aliphatic heterocycles. The second-order valence-electron chi connectivity index (χ2n) is 4.22. The highest BCUT2D eigenvalue weighted by Gasteiger charge is 2.14. The van der Waals surface area contributed by atoms with Gasteiger partial charge in [-0.25, -0.2) is 4.79 Å². The van der Waals surface area contributed by atoms with E-state index in [4.69, 9.17) is 25.7 Å². The highest BCUT2D eigenvalue weighted by molar-refractivity contribution is 5.93. The number of methoxy groups -OCH3 is 2. The van der Waals surface area contributed by atoms with Crippen LogP contribution in [-0.2, 0) is 4.74 Å². The van der Waals surface area contributed by atoms with Crippen molar-refractivity contribution in [2.75, 3.05) is 27.4 Å². The first-order chi connectivity index (χ1) is 10.1.